The van der Waals surface area contributed by atoms with Crippen LogP contribution in [0.2, 0.25) is 0 Å². The topological polar surface area (TPSA) is 22.1 Å². The number of halogens is 3. The van der Waals surface area contributed by atoms with E-state index in [-0.39, 0.29) is 11.0 Å². The first-order valence-electron chi connectivity index (χ1n) is 10.9. The van der Waals surface area contributed by atoms with Crippen LogP contribution in [-0.4, -0.2) is 17.2 Å². The molecule has 161 valence electrons. The van der Waals surface area contributed by atoms with Crippen molar-refractivity contribution in [1.82, 2.24) is 4.98 Å². The fraction of sp³-hybridized carbons (Fsp3) is 0.520. The van der Waals surface area contributed by atoms with Gasteiger partial charge >= 0.3 is 6.18 Å². The second kappa shape index (κ2) is 8.70. The number of hydrogen-bond donors (Lipinski definition) is 0. The van der Waals surface area contributed by atoms with Gasteiger partial charge in [-0.15, -0.1) is 0 Å². The number of ether oxygens (including phenoxy) is 1. The summed E-state index contributed by atoms with van der Waals surface area (Å²) < 4.78 is 46.1. The van der Waals surface area contributed by atoms with E-state index in [1.807, 2.05) is 24.8 Å². The first-order chi connectivity index (χ1) is 14.4. The molecule has 0 amide bonds. The number of pyridine rings is 1. The summed E-state index contributed by atoms with van der Waals surface area (Å²) in [7, 11) is 0. The Kier molecular flexibility index (Phi) is 6.19. The minimum Gasteiger partial charge on any atom is -0.375 e. The van der Waals surface area contributed by atoms with Gasteiger partial charge < -0.3 is 4.74 Å². The largest absolute Gasteiger partial charge is 0.416 e. The van der Waals surface area contributed by atoms with Gasteiger partial charge in [0.25, 0.3) is 0 Å². The van der Waals surface area contributed by atoms with E-state index in [0.717, 1.165) is 50.8 Å². The van der Waals surface area contributed by atoms with E-state index in [0.29, 0.717) is 12.0 Å². The summed E-state index contributed by atoms with van der Waals surface area (Å²) in [6, 6.07) is 11.9. The van der Waals surface area contributed by atoms with Crippen LogP contribution < -0.4 is 0 Å². The molecule has 1 spiro atoms. The van der Waals surface area contributed by atoms with Crippen molar-refractivity contribution in [2.24, 2.45) is 0 Å². The molecule has 2 heterocycles. The van der Waals surface area contributed by atoms with E-state index in [2.05, 4.69) is 6.07 Å². The van der Waals surface area contributed by atoms with Gasteiger partial charge in [-0.3, -0.25) is 4.98 Å². The molecule has 0 N–H and O–H groups in total. The van der Waals surface area contributed by atoms with Gasteiger partial charge in [0.05, 0.1) is 11.2 Å². The maximum absolute atomic E-state index is 13.3. The van der Waals surface area contributed by atoms with Gasteiger partial charge in [-0.1, -0.05) is 37.1 Å². The van der Waals surface area contributed by atoms with E-state index >= 15 is 0 Å². The molecule has 0 bridgehead atoms. The average Bonchev–Trinajstić information content (AvgIpc) is 3.19. The summed E-state index contributed by atoms with van der Waals surface area (Å²) in [6.07, 6.45) is 8.02. The van der Waals surface area contributed by atoms with E-state index in [1.54, 1.807) is 12.1 Å². The van der Waals surface area contributed by atoms with Crippen LogP contribution >= 0.6 is 0 Å². The Balaban J connectivity index is 1.47. The Bertz CT molecular complexity index is 830. The van der Waals surface area contributed by atoms with Gasteiger partial charge in [0.15, 0.2) is 0 Å². The zero-order valence-corrected chi connectivity index (χ0v) is 17.3. The maximum atomic E-state index is 13.3. The number of unbranched alkanes of at least 4 members (excludes halogenated alkanes) is 1. The third kappa shape index (κ3) is 4.56. The lowest BCUT2D eigenvalue weighted by atomic mass is 9.67. The van der Waals surface area contributed by atoms with Crippen LogP contribution in [0.1, 0.15) is 68.2 Å². The van der Waals surface area contributed by atoms with Gasteiger partial charge in [0, 0.05) is 23.9 Å². The molecule has 1 radical (unpaired) electrons. The molecule has 1 aliphatic carbocycles. The third-order valence-corrected chi connectivity index (χ3v) is 6.89. The minimum atomic E-state index is -4.31. The predicted octanol–water partition coefficient (Wildman–Crippen LogP) is 6.69. The molecule has 1 atom stereocenters. The van der Waals surface area contributed by atoms with Gasteiger partial charge in [-0.05, 0) is 75.1 Å². The Morgan fingerprint density at radius 1 is 1.00 bits per heavy atom. The van der Waals surface area contributed by atoms with E-state index in [4.69, 9.17) is 9.72 Å². The minimum absolute atomic E-state index is 0.0430. The van der Waals surface area contributed by atoms with Crippen molar-refractivity contribution >= 4 is 0 Å². The summed E-state index contributed by atoms with van der Waals surface area (Å²) in [5, 5.41) is 0. The Labute approximate surface area is 176 Å². The van der Waals surface area contributed by atoms with Gasteiger partial charge in [-0.2, -0.15) is 13.2 Å². The van der Waals surface area contributed by atoms with Crippen molar-refractivity contribution in [1.29, 1.82) is 0 Å². The van der Waals surface area contributed by atoms with E-state index in [1.165, 1.54) is 25.0 Å². The molecule has 1 saturated carbocycles. The fourth-order valence-electron chi connectivity index (χ4n) is 5.41. The quantitative estimate of drug-likeness (QED) is 0.490. The Morgan fingerprint density at radius 2 is 1.77 bits per heavy atom. The monoisotopic (exact) mass is 416 g/mol. The molecule has 2 aromatic rings. The molecule has 2 nitrogen and oxygen atoms in total. The van der Waals surface area contributed by atoms with E-state index in [9.17, 15) is 13.2 Å². The number of hydrogen-bond acceptors (Lipinski definition) is 2. The summed E-state index contributed by atoms with van der Waals surface area (Å²) in [4.78, 5) is 4.69. The molecule has 0 unspecified atom stereocenters. The van der Waals surface area contributed by atoms with Gasteiger partial charge in [0.1, 0.15) is 0 Å². The fourth-order valence-corrected chi connectivity index (χ4v) is 5.41. The Morgan fingerprint density at radius 3 is 2.50 bits per heavy atom. The highest BCUT2D eigenvalue weighted by atomic mass is 19.4. The SMILES string of the molecule is FC(F)(F)c1ccccc1C[CH]CC[C@@]1(c2ccccn2)CCOC2(CCCC2)C1. The standard InChI is InChI=1S/C25H29F3NO/c26-25(27,28)21-11-2-1-9-20(21)10-3-5-13-23(22-12-4-8-17-29-22)16-18-30-24(19-23)14-6-7-15-24/h1-4,8-9,11-12,17H,5-7,10,13-16,18-19H2/t23-/m1/s1. The lowest BCUT2D eigenvalue weighted by molar-refractivity contribution is -0.138. The van der Waals surface area contributed by atoms with Crippen LogP contribution in [0.3, 0.4) is 0 Å². The van der Waals surface area contributed by atoms with Crippen LogP contribution in [0.25, 0.3) is 0 Å². The van der Waals surface area contributed by atoms with Crippen LogP contribution in [-0.2, 0) is 22.7 Å². The van der Waals surface area contributed by atoms with Crippen LogP contribution in [0.15, 0.2) is 48.7 Å². The third-order valence-electron chi connectivity index (χ3n) is 6.89. The first-order valence-corrected chi connectivity index (χ1v) is 10.9. The molecular weight excluding hydrogens is 387 g/mol. The van der Waals surface area contributed by atoms with Crippen molar-refractivity contribution in [2.45, 2.75) is 75.0 Å². The molecule has 1 aromatic carbocycles. The zero-order valence-electron chi connectivity index (χ0n) is 17.3. The second-order valence-corrected chi connectivity index (χ2v) is 8.85. The molecule has 2 fully saturated rings. The number of rotatable bonds is 6. The van der Waals surface area contributed by atoms with Crippen LogP contribution in [0.4, 0.5) is 13.2 Å². The predicted molar refractivity (Wildman–Crippen MR) is 111 cm³/mol. The Hall–Kier alpha value is -1.88. The van der Waals surface area contributed by atoms with Crippen molar-refractivity contribution in [3.63, 3.8) is 0 Å². The molecule has 4 rings (SSSR count). The van der Waals surface area contributed by atoms with E-state index < -0.39 is 11.7 Å². The van der Waals surface area contributed by atoms with Crippen molar-refractivity contribution < 1.29 is 17.9 Å². The first kappa shape index (κ1) is 21.4. The summed E-state index contributed by atoms with van der Waals surface area (Å²) in [5.74, 6) is 0. The highest BCUT2D eigenvalue weighted by Crippen LogP contribution is 2.50. The molecule has 30 heavy (non-hydrogen) atoms. The van der Waals surface area contributed by atoms with Crippen molar-refractivity contribution in [3.05, 3.63) is 71.9 Å². The molecule has 1 aromatic heterocycles. The lowest BCUT2D eigenvalue weighted by Crippen LogP contribution is -2.46. The van der Waals surface area contributed by atoms with Gasteiger partial charge in [0.2, 0.25) is 0 Å². The number of alkyl halides is 3. The smallest absolute Gasteiger partial charge is 0.375 e. The summed E-state index contributed by atoms with van der Waals surface area (Å²) in [6.45, 7) is 0.730. The molecule has 1 saturated heterocycles. The molecule has 2 aliphatic rings. The lowest BCUT2D eigenvalue weighted by Gasteiger charge is -2.46. The van der Waals surface area contributed by atoms with Crippen LogP contribution in [0.5, 0.6) is 0 Å². The number of benzene rings is 1. The second-order valence-electron chi connectivity index (χ2n) is 8.85. The summed E-state index contributed by atoms with van der Waals surface area (Å²) in [5.41, 5.74) is 0.805. The molecule has 5 heteroatoms. The maximum Gasteiger partial charge on any atom is 0.416 e. The molecule has 1 aliphatic heterocycles. The average molecular weight is 417 g/mol. The van der Waals surface area contributed by atoms with Crippen molar-refractivity contribution in [2.75, 3.05) is 6.61 Å². The van der Waals surface area contributed by atoms with Crippen LogP contribution in [0, 0.1) is 6.42 Å². The molecular formula is C25H29F3NO. The highest BCUT2D eigenvalue weighted by Gasteiger charge is 2.48. The zero-order chi connectivity index (χ0) is 21.1. The number of nitrogens with zero attached hydrogens (tertiary/aromatic N) is 1. The van der Waals surface area contributed by atoms with Gasteiger partial charge in [-0.25, -0.2) is 0 Å². The summed E-state index contributed by atoms with van der Waals surface area (Å²) >= 11 is 0. The number of aromatic nitrogens is 1. The highest BCUT2D eigenvalue weighted by molar-refractivity contribution is 5.31. The van der Waals surface area contributed by atoms with Crippen molar-refractivity contribution in [3.8, 4) is 0 Å². The normalized spacial score (nSPS) is 23.7.